The molecule has 0 amide bonds. The predicted octanol–water partition coefficient (Wildman–Crippen LogP) is 3.68. The van der Waals surface area contributed by atoms with Gasteiger partial charge in [0.05, 0.1) is 0 Å². The smallest absolute Gasteiger partial charge is 0.202 e. The van der Waals surface area contributed by atoms with E-state index in [1.165, 1.54) is 22.7 Å². The van der Waals surface area contributed by atoms with Gasteiger partial charge in [0.25, 0.3) is 0 Å². The van der Waals surface area contributed by atoms with Crippen molar-refractivity contribution >= 4 is 16.7 Å². The third-order valence-corrected chi connectivity index (χ3v) is 4.23. The van der Waals surface area contributed by atoms with Gasteiger partial charge in [-0.3, -0.25) is 0 Å². The highest BCUT2D eigenvalue weighted by Crippen LogP contribution is 2.37. The first-order valence-electron chi connectivity index (χ1n) is 6.89. The van der Waals surface area contributed by atoms with Crippen molar-refractivity contribution in [3.8, 4) is 0 Å². The zero-order valence-corrected chi connectivity index (χ0v) is 12.2. The molecule has 1 N–H and O–H groups in total. The molecule has 4 heteroatoms. The van der Waals surface area contributed by atoms with Gasteiger partial charge in [-0.2, -0.15) is 4.37 Å². The molecule has 1 aliphatic carbocycles. The molecule has 0 aliphatic heterocycles. The zero-order valence-electron chi connectivity index (χ0n) is 11.4. The van der Waals surface area contributed by atoms with E-state index in [1.807, 2.05) is 0 Å². The zero-order chi connectivity index (χ0) is 13.2. The number of anilines is 1. The molecule has 1 heterocycles. The van der Waals surface area contributed by atoms with Crippen LogP contribution in [0.5, 0.6) is 0 Å². The number of aryl methyl sites for hydroxylation is 1. The molecule has 0 saturated carbocycles. The Kier molecular flexibility index (Phi) is 3.51. The highest BCUT2D eigenvalue weighted by atomic mass is 32.1. The maximum Gasteiger partial charge on any atom is 0.202 e. The summed E-state index contributed by atoms with van der Waals surface area (Å²) in [6.45, 7) is 5.35. The second-order valence-electron chi connectivity index (χ2n) is 5.52. The monoisotopic (exact) mass is 273 g/mol. The van der Waals surface area contributed by atoms with Crippen LogP contribution in [0, 0.1) is 5.92 Å². The van der Waals surface area contributed by atoms with Gasteiger partial charge in [0.1, 0.15) is 0 Å². The second-order valence-corrected chi connectivity index (χ2v) is 6.27. The molecule has 1 unspecified atom stereocenters. The number of fused-ring (bicyclic) bond motifs is 1. The van der Waals surface area contributed by atoms with E-state index in [0.29, 0.717) is 11.8 Å². The highest BCUT2D eigenvalue weighted by molar-refractivity contribution is 7.09. The van der Waals surface area contributed by atoms with Gasteiger partial charge in [-0.25, -0.2) is 4.98 Å². The lowest BCUT2D eigenvalue weighted by Crippen LogP contribution is -2.08. The highest BCUT2D eigenvalue weighted by Gasteiger charge is 2.26. The van der Waals surface area contributed by atoms with Crippen molar-refractivity contribution in [2.24, 2.45) is 5.92 Å². The van der Waals surface area contributed by atoms with Crippen LogP contribution in [0.15, 0.2) is 24.3 Å². The number of nitrogens with one attached hydrogen (secondary N) is 1. The minimum absolute atomic E-state index is 0.391. The van der Waals surface area contributed by atoms with Gasteiger partial charge in [0.2, 0.25) is 5.13 Å². The molecule has 3 nitrogen and oxygen atoms in total. The molecule has 1 aromatic carbocycles. The van der Waals surface area contributed by atoms with Gasteiger partial charge in [-0.1, -0.05) is 38.1 Å². The third kappa shape index (κ3) is 2.63. The molecule has 1 aliphatic rings. The van der Waals surface area contributed by atoms with Crippen molar-refractivity contribution in [2.75, 3.05) is 11.9 Å². The van der Waals surface area contributed by atoms with Gasteiger partial charge in [-0.05, 0) is 29.9 Å². The average molecular weight is 273 g/mol. The Balaban J connectivity index is 1.77. The maximum absolute atomic E-state index is 4.66. The Morgan fingerprint density at radius 2 is 2.21 bits per heavy atom. The summed E-state index contributed by atoms with van der Waals surface area (Å²) in [6.07, 6.45) is 2.29. The van der Waals surface area contributed by atoms with Crippen molar-refractivity contribution in [3.05, 3.63) is 41.2 Å². The van der Waals surface area contributed by atoms with E-state index in [2.05, 4.69) is 52.8 Å². The van der Waals surface area contributed by atoms with E-state index in [1.54, 1.807) is 0 Å². The minimum Gasteiger partial charge on any atom is -0.360 e. The van der Waals surface area contributed by atoms with E-state index >= 15 is 0 Å². The van der Waals surface area contributed by atoms with E-state index in [4.69, 9.17) is 0 Å². The molecule has 0 saturated heterocycles. The van der Waals surface area contributed by atoms with Crippen molar-refractivity contribution in [1.82, 2.24) is 9.36 Å². The molecule has 1 atom stereocenters. The molecular weight excluding hydrogens is 254 g/mol. The first-order chi connectivity index (χ1) is 9.24. The van der Waals surface area contributed by atoms with Gasteiger partial charge in [0, 0.05) is 24.0 Å². The summed E-state index contributed by atoms with van der Waals surface area (Å²) < 4.78 is 4.54. The Bertz CT molecular complexity index is 562. The van der Waals surface area contributed by atoms with Gasteiger partial charge in [-0.15, -0.1) is 0 Å². The first kappa shape index (κ1) is 12.6. The van der Waals surface area contributed by atoms with E-state index in [-0.39, 0.29) is 0 Å². The summed E-state index contributed by atoms with van der Waals surface area (Å²) in [6, 6.07) is 8.67. The minimum atomic E-state index is 0.391. The van der Waals surface area contributed by atoms with Gasteiger partial charge < -0.3 is 5.32 Å². The maximum atomic E-state index is 4.66. The molecule has 3 rings (SSSR count). The van der Waals surface area contributed by atoms with Crippen LogP contribution in [-0.4, -0.2) is 15.9 Å². The van der Waals surface area contributed by atoms with Crippen molar-refractivity contribution in [3.63, 3.8) is 0 Å². The Labute approximate surface area is 118 Å². The number of hydrogen-bond donors (Lipinski definition) is 1. The quantitative estimate of drug-likeness (QED) is 0.923. The Hall–Kier alpha value is -1.42. The molecule has 19 heavy (non-hydrogen) atoms. The lowest BCUT2D eigenvalue weighted by atomic mass is 10.0. The molecule has 1 aromatic heterocycles. The van der Waals surface area contributed by atoms with Gasteiger partial charge in [0.15, 0.2) is 5.82 Å². The Morgan fingerprint density at radius 1 is 1.37 bits per heavy atom. The number of hydrogen-bond acceptors (Lipinski definition) is 4. The molecule has 0 bridgehead atoms. The van der Waals surface area contributed by atoms with Crippen LogP contribution in [0.2, 0.25) is 0 Å². The number of nitrogens with zero attached hydrogens (tertiary/aromatic N) is 2. The van der Waals surface area contributed by atoms with Crippen molar-refractivity contribution in [1.29, 1.82) is 0 Å². The van der Waals surface area contributed by atoms with Crippen LogP contribution in [0.1, 0.15) is 43.1 Å². The van der Waals surface area contributed by atoms with Crippen molar-refractivity contribution < 1.29 is 0 Å². The van der Waals surface area contributed by atoms with Gasteiger partial charge >= 0.3 is 0 Å². The van der Waals surface area contributed by atoms with Crippen LogP contribution in [-0.2, 0) is 6.42 Å². The lowest BCUT2D eigenvalue weighted by molar-refractivity contribution is 0.687. The van der Waals surface area contributed by atoms with Crippen LogP contribution >= 0.6 is 11.5 Å². The summed E-state index contributed by atoms with van der Waals surface area (Å²) in [5.41, 5.74) is 2.87. The lowest BCUT2D eigenvalue weighted by Gasteiger charge is -2.07. The summed E-state index contributed by atoms with van der Waals surface area (Å²) in [7, 11) is 0. The fourth-order valence-electron chi connectivity index (χ4n) is 2.56. The van der Waals surface area contributed by atoms with Crippen LogP contribution < -0.4 is 5.32 Å². The fraction of sp³-hybridized carbons (Fsp3) is 0.467. The summed E-state index contributed by atoms with van der Waals surface area (Å²) in [4.78, 5) is 4.66. The summed E-state index contributed by atoms with van der Waals surface area (Å²) in [5.74, 6) is 2.00. The molecular formula is C15H19N3S. The van der Waals surface area contributed by atoms with Crippen LogP contribution in [0.3, 0.4) is 0 Å². The Morgan fingerprint density at radius 3 is 3.05 bits per heavy atom. The fourth-order valence-corrected chi connectivity index (χ4v) is 3.20. The van der Waals surface area contributed by atoms with Crippen molar-refractivity contribution in [2.45, 2.75) is 32.6 Å². The largest absolute Gasteiger partial charge is 0.360 e. The standard InChI is InChI=1S/C15H19N3S/c1-10(2)9-16-15-17-14(18-19-15)13-8-7-11-5-3-4-6-12(11)13/h3-6,10,13H,7-9H2,1-2H3,(H,16,17,18). The van der Waals surface area contributed by atoms with Crippen LogP contribution in [0.4, 0.5) is 5.13 Å². The molecule has 100 valence electrons. The summed E-state index contributed by atoms with van der Waals surface area (Å²) >= 11 is 1.48. The van der Waals surface area contributed by atoms with E-state index in [0.717, 1.165) is 30.3 Å². The molecule has 0 fully saturated rings. The topological polar surface area (TPSA) is 37.8 Å². The van der Waals surface area contributed by atoms with Crippen LogP contribution in [0.25, 0.3) is 0 Å². The SMILES string of the molecule is CC(C)CNc1nc(C2CCc3ccccc32)ns1. The number of rotatable bonds is 4. The average Bonchev–Trinajstić information content (AvgIpc) is 3.02. The van der Waals surface area contributed by atoms with E-state index in [9.17, 15) is 0 Å². The predicted molar refractivity (Wildman–Crippen MR) is 79.8 cm³/mol. The number of benzene rings is 1. The summed E-state index contributed by atoms with van der Waals surface area (Å²) in [5, 5.41) is 4.31. The molecule has 2 aromatic rings. The number of aromatic nitrogens is 2. The first-order valence-corrected chi connectivity index (χ1v) is 7.66. The third-order valence-electron chi connectivity index (χ3n) is 3.55. The van der Waals surface area contributed by atoms with E-state index < -0.39 is 0 Å². The normalized spacial score (nSPS) is 17.7. The molecule has 0 radical (unpaired) electrons. The molecule has 0 spiro atoms. The second kappa shape index (κ2) is 5.29.